The van der Waals surface area contributed by atoms with E-state index < -0.39 is 22.7 Å². The maximum Gasteiger partial charge on any atom is 0.435 e. The molecule has 1 N–H and O–H groups in total. The third kappa shape index (κ3) is 5.83. The smallest absolute Gasteiger partial charge is 0.396 e. The zero-order valence-electron chi connectivity index (χ0n) is 16.2. The van der Waals surface area contributed by atoms with Crippen LogP contribution in [0, 0.1) is 0 Å². The molecule has 162 valence electrons. The van der Waals surface area contributed by atoms with E-state index in [0.717, 1.165) is 17.5 Å². The molecule has 0 bridgehead atoms. The number of hydrogen-bond acceptors (Lipinski definition) is 5. The van der Waals surface area contributed by atoms with Crippen LogP contribution in [0.4, 0.5) is 18.9 Å². The Labute approximate surface area is 185 Å². The van der Waals surface area contributed by atoms with Crippen LogP contribution in [0.5, 0.6) is 0 Å². The van der Waals surface area contributed by atoms with Crippen molar-refractivity contribution in [3.8, 4) is 11.1 Å². The van der Waals surface area contributed by atoms with Gasteiger partial charge >= 0.3 is 6.18 Å². The van der Waals surface area contributed by atoms with Crippen LogP contribution in [0.1, 0.15) is 34.3 Å². The van der Waals surface area contributed by atoms with Crippen LogP contribution in [-0.2, 0) is 11.0 Å². The molecule has 2 aromatic carbocycles. The number of para-hydroxylation sites is 1. The minimum atomic E-state index is -4.78. The zero-order chi connectivity index (χ0) is 22.4. The number of oxime groups is 1. The van der Waals surface area contributed by atoms with E-state index in [1.807, 2.05) is 31.2 Å². The average Bonchev–Trinajstić information content (AvgIpc) is 3.15. The fourth-order valence-corrected chi connectivity index (χ4v) is 3.68. The van der Waals surface area contributed by atoms with E-state index in [1.165, 1.54) is 0 Å². The molecule has 0 atom stereocenters. The van der Waals surface area contributed by atoms with Gasteiger partial charge in [-0.1, -0.05) is 77.5 Å². The van der Waals surface area contributed by atoms with Crippen molar-refractivity contribution in [3.63, 3.8) is 0 Å². The van der Waals surface area contributed by atoms with Gasteiger partial charge in [0.25, 0.3) is 5.91 Å². The third-order valence-electron chi connectivity index (χ3n) is 4.04. The molecule has 0 saturated heterocycles. The molecule has 1 heterocycles. The van der Waals surface area contributed by atoms with Gasteiger partial charge in [-0.3, -0.25) is 4.79 Å². The molecule has 3 rings (SSSR count). The number of thiazole rings is 1. The van der Waals surface area contributed by atoms with Crippen LogP contribution < -0.4 is 5.32 Å². The molecule has 0 saturated carbocycles. The van der Waals surface area contributed by atoms with E-state index >= 15 is 0 Å². The number of alkyl halides is 3. The molecular weight excluding hydrogens is 451 g/mol. The number of nitrogens with one attached hydrogen (secondary N) is 1. The molecule has 0 spiro atoms. The summed E-state index contributed by atoms with van der Waals surface area (Å²) in [5.41, 5.74) is 1.28. The standard InChI is InChI=1S/C21H17ClF3N3O2S/c1-2-11-30-26-12-13-7-9-14(10-8-13)15-5-3-4-6-16(15)27-19(29)17-18(21(23,24)25)28-20(22)31-17/h3-10,12H,2,11H2,1H3,(H,27,29)/b26-12+. The van der Waals surface area contributed by atoms with Crippen molar-refractivity contribution in [2.75, 3.05) is 11.9 Å². The largest absolute Gasteiger partial charge is 0.435 e. The van der Waals surface area contributed by atoms with Gasteiger partial charge in [0.05, 0.1) is 6.21 Å². The summed E-state index contributed by atoms with van der Waals surface area (Å²) in [4.78, 5) is 20.3. The summed E-state index contributed by atoms with van der Waals surface area (Å²) >= 11 is 6.10. The highest BCUT2D eigenvalue weighted by Gasteiger charge is 2.39. The average molecular weight is 468 g/mol. The predicted octanol–water partition coefficient (Wildman–Crippen LogP) is 6.50. The second kappa shape index (κ2) is 9.93. The Morgan fingerprint density at radius 1 is 1.23 bits per heavy atom. The van der Waals surface area contributed by atoms with E-state index in [-0.39, 0.29) is 4.47 Å². The van der Waals surface area contributed by atoms with Crippen LogP contribution in [0.25, 0.3) is 11.1 Å². The monoisotopic (exact) mass is 467 g/mol. The minimum Gasteiger partial charge on any atom is -0.396 e. The fourth-order valence-electron chi connectivity index (χ4n) is 2.65. The minimum absolute atomic E-state index is 0.356. The highest BCUT2D eigenvalue weighted by atomic mass is 35.5. The van der Waals surface area contributed by atoms with E-state index in [4.69, 9.17) is 16.4 Å². The van der Waals surface area contributed by atoms with Crippen LogP contribution in [0.15, 0.2) is 53.7 Å². The number of halogens is 4. The molecular formula is C21H17ClF3N3O2S. The van der Waals surface area contributed by atoms with E-state index in [2.05, 4.69) is 15.5 Å². The first-order valence-electron chi connectivity index (χ1n) is 9.19. The Kier molecular flexibility index (Phi) is 7.29. The van der Waals surface area contributed by atoms with Crippen molar-refractivity contribution in [2.45, 2.75) is 19.5 Å². The number of rotatable bonds is 7. The number of amides is 1. The molecule has 0 unspecified atom stereocenters. The Morgan fingerprint density at radius 2 is 1.94 bits per heavy atom. The Morgan fingerprint density at radius 3 is 2.61 bits per heavy atom. The molecule has 3 aromatic rings. The van der Waals surface area contributed by atoms with Crippen molar-refractivity contribution in [2.24, 2.45) is 5.16 Å². The maximum absolute atomic E-state index is 13.2. The normalized spacial score (nSPS) is 11.6. The third-order valence-corrected chi connectivity index (χ3v) is 5.20. The summed E-state index contributed by atoms with van der Waals surface area (Å²) in [5.74, 6) is -0.930. The topological polar surface area (TPSA) is 63.6 Å². The van der Waals surface area contributed by atoms with Gasteiger partial charge in [0.1, 0.15) is 11.5 Å². The molecule has 0 aliphatic heterocycles. The van der Waals surface area contributed by atoms with Gasteiger partial charge in [0.15, 0.2) is 10.2 Å². The highest BCUT2D eigenvalue weighted by Crippen LogP contribution is 2.37. The van der Waals surface area contributed by atoms with Crippen molar-refractivity contribution >= 4 is 40.7 Å². The molecule has 0 fully saturated rings. The number of benzene rings is 2. The van der Waals surface area contributed by atoms with E-state index in [9.17, 15) is 18.0 Å². The first-order valence-corrected chi connectivity index (χ1v) is 10.4. The van der Waals surface area contributed by atoms with Crippen molar-refractivity contribution in [3.05, 3.63) is 69.1 Å². The summed E-state index contributed by atoms with van der Waals surface area (Å²) in [6.45, 7) is 2.51. The molecule has 5 nitrogen and oxygen atoms in total. The maximum atomic E-state index is 13.2. The van der Waals surface area contributed by atoms with Crippen LogP contribution >= 0.6 is 22.9 Å². The SMILES string of the molecule is CCCO/N=C/c1ccc(-c2ccccc2NC(=O)c2sc(Cl)nc2C(F)(F)F)cc1. The van der Waals surface area contributed by atoms with Crippen LogP contribution in [-0.4, -0.2) is 23.7 Å². The Hall–Kier alpha value is -2.91. The first kappa shape index (κ1) is 22.8. The van der Waals surface area contributed by atoms with Gasteiger partial charge in [-0.05, 0) is 23.6 Å². The number of carbonyl (C=O) groups is 1. The Balaban J connectivity index is 1.83. The van der Waals surface area contributed by atoms with Gasteiger partial charge in [-0.15, -0.1) is 0 Å². The molecule has 1 amide bonds. The van der Waals surface area contributed by atoms with Gasteiger partial charge in [-0.2, -0.15) is 13.2 Å². The van der Waals surface area contributed by atoms with Crippen LogP contribution in [0.3, 0.4) is 0 Å². The van der Waals surface area contributed by atoms with Gasteiger partial charge in [0, 0.05) is 11.3 Å². The summed E-state index contributed by atoms with van der Waals surface area (Å²) in [6, 6.07) is 14.1. The summed E-state index contributed by atoms with van der Waals surface area (Å²) < 4.78 is 39.1. The molecule has 10 heteroatoms. The summed E-state index contributed by atoms with van der Waals surface area (Å²) in [7, 11) is 0. The second-order valence-electron chi connectivity index (χ2n) is 6.33. The lowest BCUT2D eigenvalue weighted by Crippen LogP contribution is -2.17. The summed E-state index contributed by atoms with van der Waals surface area (Å²) in [5, 5.41) is 6.41. The highest BCUT2D eigenvalue weighted by molar-refractivity contribution is 7.17. The number of anilines is 1. The Bertz CT molecular complexity index is 1080. The number of hydrogen-bond donors (Lipinski definition) is 1. The summed E-state index contributed by atoms with van der Waals surface area (Å²) in [6.07, 6.45) is -2.34. The predicted molar refractivity (Wildman–Crippen MR) is 116 cm³/mol. The second-order valence-corrected chi connectivity index (χ2v) is 7.91. The lowest BCUT2D eigenvalue weighted by Gasteiger charge is -2.12. The molecule has 0 aliphatic carbocycles. The number of nitrogens with zero attached hydrogens (tertiary/aromatic N) is 2. The van der Waals surface area contributed by atoms with Gasteiger partial charge < -0.3 is 10.2 Å². The lowest BCUT2D eigenvalue weighted by molar-refractivity contribution is -0.141. The van der Waals surface area contributed by atoms with Crippen molar-refractivity contribution in [1.29, 1.82) is 0 Å². The van der Waals surface area contributed by atoms with Crippen molar-refractivity contribution < 1.29 is 22.8 Å². The van der Waals surface area contributed by atoms with Crippen LogP contribution in [0.2, 0.25) is 4.47 Å². The van der Waals surface area contributed by atoms with Gasteiger partial charge in [0.2, 0.25) is 0 Å². The zero-order valence-corrected chi connectivity index (χ0v) is 17.8. The number of carbonyl (C=O) groups excluding carboxylic acids is 1. The lowest BCUT2D eigenvalue weighted by atomic mass is 10.0. The molecule has 31 heavy (non-hydrogen) atoms. The quantitative estimate of drug-likeness (QED) is 0.245. The van der Waals surface area contributed by atoms with E-state index in [1.54, 1.807) is 30.5 Å². The molecule has 0 radical (unpaired) electrons. The fraction of sp³-hybridized carbons (Fsp3) is 0.190. The molecule has 1 aromatic heterocycles. The van der Waals surface area contributed by atoms with Crippen molar-refractivity contribution in [1.82, 2.24) is 4.98 Å². The van der Waals surface area contributed by atoms with Gasteiger partial charge in [-0.25, -0.2) is 4.98 Å². The number of aromatic nitrogens is 1. The van der Waals surface area contributed by atoms with E-state index in [0.29, 0.717) is 29.2 Å². The molecule has 0 aliphatic rings. The first-order chi connectivity index (χ1) is 14.8.